The van der Waals surface area contributed by atoms with Crippen LogP contribution in [0.3, 0.4) is 0 Å². The highest BCUT2D eigenvalue weighted by Gasteiger charge is 2.38. The van der Waals surface area contributed by atoms with Crippen LogP contribution in [0.5, 0.6) is 0 Å². The SMILES string of the molecule is N#Cc1c(NC(=O)COC(=O)Cn2c(C(F)(F)F)nc3ccccc32)sc2c1CCCC2. The summed E-state index contributed by atoms with van der Waals surface area (Å²) in [5.74, 6) is -2.90. The molecule has 1 N–H and O–H groups in total. The number of carbonyl (C=O) groups is 2. The van der Waals surface area contributed by atoms with Crippen molar-refractivity contribution in [1.29, 1.82) is 5.26 Å². The summed E-state index contributed by atoms with van der Waals surface area (Å²) in [6, 6.07) is 8.01. The van der Waals surface area contributed by atoms with E-state index in [4.69, 9.17) is 4.74 Å². The molecule has 7 nitrogen and oxygen atoms in total. The van der Waals surface area contributed by atoms with Gasteiger partial charge in [-0.2, -0.15) is 18.4 Å². The van der Waals surface area contributed by atoms with Gasteiger partial charge < -0.3 is 14.6 Å². The largest absolute Gasteiger partial charge is 0.454 e. The van der Waals surface area contributed by atoms with E-state index < -0.39 is 37.0 Å². The number of nitrogens with zero attached hydrogens (tertiary/aromatic N) is 3. The Morgan fingerprint density at radius 1 is 1.25 bits per heavy atom. The lowest BCUT2D eigenvalue weighted by Crippen LogP contribution is -2.24. The topological polar surface area (TPSA) is 97.0 Å². The van der Waals surface area contributed by atoms with E-state index in [1.54, 1.807) is 6.07 Å². The minimum absolute atomic E-state index is 0.0936. The summed E-state index contributed by atoms with van der Waals surface area (Å²) in [6.45, 7) is -1.43. The average molecular weight is 462 g/mol. The zero-order chi connectivity index (χ0) is 22.9. The van der Waals surface area contributed by atoms with E-state index in [0.717, 1.165) is 40.7 Å². The van der Waals surface area contributed by atoms with Gasteiger partial charge in [0.15, 0.2) is 6.61 Å². The van der Waals surface area contributed by atoms with Crippen LogP contribution in [0.15, 0.2) is 24.3 Å². The molecule has 11 heteroatoms. The van der Waals surface area contributed by atoms with Crippen molar-refractivity contribution in [2.45, 2.75) is 38.4 Å². The van der Waals surface area contributed by atoms with Gasteiger partial charge in [-0.15, -0.1) is 11.3 Å². The first-order valence-electron chi connectivity index (χ1n) is 9.80. The van der Waals surface area contributed by atoms with Crippen molar-refractivity contribution in [1.82, 2.24) is 9.55 Å². The summed E-state index contributed by atoms with van der Waals surface area (Å²) < 4.78 is 45.6. The number of hydrogen-bond donors (Lipinski definition) is 1. The van der Waals surface area contributed by atoms with Crippen molar-refractivity contribution in [3.8, 4) is 6.07 Å². The van der Waals surface area contributed by atoms with Crippen molar-refractivity contribution in [3.63, 3.8) is 0 Å². The second kappa shape index (κ2) is 8.63. The molecular weight excluding hydrogens is 445 g/mol. The number of anilines is 1. The molecule has 0 aliphatic heterocycles. The second-order valence-corrected chi connectivity index (χ2v) is 8.35. The molecule has 0 atom stereocenters. The molecule has 2 heterocycles. The monoisotopic (exact) mass is 462 g/mol. The molecule has 4 rings (SSSR count). The van der Waals surface area contributed by atoms with Crippen LogP contribution in [-0.4, -0.2) is 28.0 Å². The average Bonchev–Trinajstić information content (AvgIpc) is 3.30. The molecule has 2 aromatic heterocycles. The number of benzene rings is 1. The predicted octanol–water partition coefficient (Wildman–Crippen LogP) is 4.05. The number of hydrogen-bond acceptors (Lipinski definition) is 6. The van der Waals surface area contributed by atoms with Gasteiger partial charge in [0.2, 0.25) is 5.82 Å². The number of ether oxygens (including phenoxy) is 1. The highest BCUT2D eigenvalue weighted by atomic mass is 32.1. The van der Waals surface area contributed by atoms with Gasteiger partial charge >= 0.3 is 12.1 Å². The normalized spacial score (nSPS) is 13.4. The number of imidazole rings is 1. The van der Waals surface area contributed by atoms with Crippen LogP contribution in [-0.2, 0) is 39.9 Å². The first kappa shape index (κ1) is 21.8. The summed E-state index contributed by atoms with van der Waals surface area (Å²) in [6.07, 6.45) is -1.14. The lowest BCUT2D eigenvalue weighted by Gasteiger charge is -2.11. The van der Waals surface area contributed by atoms with E-state index in [1.807, 2.05) is 0 Å². The van der Waals surface area contributed by atoms with Crippen molar-refractivity contribution >= 4 is 39.2 Å². The Bertz CT molecular complexity index is 1240. The number of nitrogens with one attached hydrogen (secondary N) is 1. The molecule has 0 saturated carbocycles. The smallest absolute Gasteiger partial charge is 0.449 e. The minimum Gasteiger partial charge on any atom is -0.454 e. The van der Waals surface area contributed by atoms with Crippen LogP contribution in [0.2, 0.25) is 0 Å². The number of alkyl halides is 3. The van der Waals surface area contributed by atoms with E-state index in [0.29, 0.717) is 10.6 Å². The zero-order valence-electron chi connectivity index (χ0n) is 16.7. The van der Waals surface area contributed by atoms with Crippen LogP contribution in [0.4, 0.5) is 18.2 Å². The summed E-state index contributed by atoms with van der Waals surface area (Å²) >= 11 is 1.33. The Morgan fingerprint density at radius 2 is 2.00 bits per heavy atom. The maximum atomic E-state index is 13.3. The van der Waals surface area contributed by atoms with E-state index in [9.17, 15) is 28.0 Å². The highest BCUT2D eigenvalue weighted by molar-refractivity contribution is 7.16. The number of fused-ring (bicyclic) bond motifs is 2. The van der Waals surface area contributed by atoms with Gasteiger partial charge in [0.1, 0.15) is 17.6 Å². The molecule has 0 saturated heterocycles. The summed E-state index contributed by atoms with van der Waals surface area (Å²) in [5.41, 5.74) is 1.59. The maximum Gasteiger partial charge on any atom is 0.449 e. The number of carbonyl (C=O) groups excluding carboxylic acids is 2. The highest BCUT2D eigenvalue weighted by Crippen LogP contribution is 2.37. The van der Waals surface area contributed by atoms with Crippen LogP contribution in [0.25, 0.3) is 11.0 Å². The molecule has 0 unspecified atom stereocenters. The minimum atomic E-state index is -4.76. The third-order valence-electron chi connectivity index (χ3n) is 5.10. The molecule has 1 amide bonds. The predicted molar refractivity (Wildman–Crippen MR) is 110 cm³/mol. The molecule has 0 bridgehead atoms. The summed E-state index contributed by atoms with van der Waals surface area (Å²) in [7, 11) is 0. The Kier molecular flexibility index (Phi) is 5.88. The van der Waals surface area contributed by atoms with E-state index in [1.165, 1.54) is 29.5 Å². The molecule has 1 aliphatic rings. The third kappa shape index (κ3) is 4.31. The van der Waals surface area contributed by atoms with Crippen LogP contribution in [0, 0.1) is 11.3 Å². The summed E-state index contributed by atoms with van der Waals surface area (Å²) in [5, 5.41) is 12.4. The van der Waals surface area contributed by atoms with Gasteiger partial charge in [-0.25, -0.2) is 4.98 Å². The number of amides is 1. The standard InChI is InChI=1S/C21H17F3N4O3S/c22-21(23,24)20-26-14-6-2-3-7-15(14)28(20)10-18(30)31-11-17(29)27-19-13(9-25)12-5-1-4-8-16(12)32-19/h2-3,6-7H,1,4-5,8,10-11H2,(H,27,29). The van der Waals surface area contributed by atoms with Crippen molar-refractivity contribution in [2.75, 3.05) is 11.9 Å². The molecule has 3 aromatic rings. The van der Waals surface area contributed by atoms with E-state index in [-0.39, 0.29) is 11.0 Å². The number of esters is 1. The molecular formula is C21H17F3N4O3S. The molecule has 1 aliphatic carbocycles. The van der Waals surface area contributed by atoms with Crippen LogP contribution in [0.1, 0.15) is 34.7 Å². The molecule has 0 fully saturated rings. The van der Waals surface area contributed by atoms with Crippen molar-refractivity contribution < 1.29 is 27.5 Å². The van der Waals surface area contributed by atoms with Crippen LogP contribution >= 0.6 is 11.3 Å². The Morgan fingerprint density at radius 3 is 2.75 bits per heavy atom. The lowest BCUT2D eigenvalue weighted by molar-refractivity contribution is -0.152. The lowest BCUT2D eigenvalue weighted by atomic mass is 9.96. The fraction of sp³-hybridized carbons (Fsp3) is 0.333. The van der Waals surface area contributed by atoms with Gasteiger partial charge in [-0.1, -0.05) is 12.1 Å². The molecule has 1 aromatic carbocycles. The first-order valence-corrected chi connectivity index (χ1v) is 10.6. The van der Waals surface area contributed by atoms with Gasteiger partial charge in [-0.05, 0) is 43.4 Å². The Hall–Kier alpha value is -3.39. The zero-order valence-corrected chi connectivity index (χ0v) is 17.5. The second-order valence-electron chi connectivity index (χ2n) is 7.24. The van der Waals surface area contributed by atoms with Crippen molar-refractivity contribution in [2.24, 2.45) is 0 Å². The Balaban J connectivity index is 1.43. The van der Waals surface area contributed by atoms with Gasteiger partial charge in [0, 0.05) is 4.88 Å². The van der Waals surface area contributed by atoms with E-state index in [2.05, 4.69) is 16.4 Å². The molecule has 0 radical (unpaired) electrons. The van der Waals surface area contributed by atoms with Gasteiger partial charge in [0.05, 0.1) is 16.6 Å². The van der Waals surface area contributed by atoms with Crippen molar-refractivity contribution in [3.05, 3.63) is 46.1 Å². The number of halogens is 3. The quantitative estimate of drug-likeness (QED) is 0.577. The number of aromatic nitrogens is 2. The third-order valence-corrected chi connectivity index (χ3v) is 6.30. The molecule has 32 heavy (non-hydrogen) atoms. The van der Waals surface area contributed by atoms with Crippen LogP contribution < -0.4 is 5.32 Å². The fourth-order valence-electron chi connectivity index (χ4n) is 3.71. The number of rotatable bonds is 5. The molecule has 0 spiro atoms. The number of nitriles is 1. The number of aryl methyl sites for hydroxylation is 1. The number of para-hydroxylation sites is 2. The Labute approximate surface area is 184 Å². The number of thiophene rings is 1. The maximum absolute atomic E-state index is 13.3. The summed E-state index contributed by atoms with van der Waals surface area (Å²) in [4.78, 5) is 29.1. The van der Waals surface area contributed by atoms with Gasteiger partial charge in [0.25, 0.3) is 5.91 Å². The van der Waals surface area contributed by atoms with Gasteiger partial charge in [-0.3, -0.25) is 9.59 Å². The molecule has 166 valence electrons. The first-order chi connectivity index (χ1) is 15.3. The fourth-order valence-corrected chi connectivity index (χ4v) is 4.96. The van der Waals surface area contributed by atoms with E-state index >= 15 is 0 Å².